The number of likely N-dealkylation sites (tertiary alicyclic amines) is 1. The molecule has 2 atom stereocenters. The van der Waals surface area contributed by atoms with Gasteiger partial charge in [-0.15, -0.1) is 0 Å². The Labute approximate surface area is 110 Å². The second kappa shape index (κ2) is 6.88. The first-order chi connectivity index (χ1) is 8.86. The molecule has 3 heteroatoms. The highest BCUT2D eigenvalue weighted by Gasteiger charge is 2.28. The van der Waals surface area contributed by atoms with Gasteiger partial charge in [-0.3, -0.25) is 4.90 Å². The van der Waals surface area contributed by atoms with Gasteiger partial charge in [0.2, 0.25) is 0 Å². The van der Waals surface area contributed by atoms with Crippen LogP contribution in [0.3, 0.4) is 0 Å². The molecule has 18 heavy (non-hydrogen) atoms. The van der Waals surface area contributed by atoms with Crippen molar-refractivity contribution in [2.24, 2.45) is 5.73 Å². The van der Waals surface area contributed by atoms with Crippen molar-refractivity contribution in [1.29, 1.82) is 0 Å². The van der Waals surface area contributed by atoms with E-state index in [2.05, 4.69) is 29.2 Å². The number of hydrogen-bond acceptors (Lipinski definition) is 3. The molecule has 2 rings (SSSR count). The van der Waals surface area contributed by atoms with E-state index >= 15 is 0 Å². The zero-order valence-corrected chi connectivity index (χ0v) is 11.0. The third kappa shape index (κ3) is 3.10. The summed E-state index contributed by atoms with van der Waals surface area (Å²) < 4.78 is 0. The summed E-state index contributed by atoms with van der Waals surface area (Å²) in [6, 6.07) is 11.3. The van der Waals surface area contributed by atoms with Crippen molar-refractivity contribution < 1.29 is 5.11 Å². The molecule has 0 radical (unpaired) electrons. The molecule has 100 valence electrons. The van der Waals surface area contributed by atoms with Crippen LogP contribution in [-0.2, 0) is 0 Å². The molecular weight excluding hydrogens is 224 g/mol. The SMILES string of the molecule is NCC(c1ccccc1)N1CCCCC1CCO. The van der Waals surface area contributed by atoms with Gasteiger partial charge in [-0.2, -0.15) is 0 Å². The van der Waals surface area contributed by atoms with Crippen molar-refractivity contribution in [3.8, 4) is 0 Å². The van der Waals surface area contributed by atoms with Gasteiger partial charge in [0.25, 0.3) is 0 Å². The minimum Gasteiger partial charge on any atom is -0.396 e. The van der Waals surface area contributed by atoms with Crippen molar-refractivity contribution in [2.45, 2.75) is 37.8 Å². The number of piperidine rings is 1. The number of nitrogens with zero attached hydrogens (tertiary/aromatic N) is 1. The molecule has 3 nitrogen and oxygen atoms in total. The summed E-state index contributed by atoms with van der Waals surface area (Å²) in [7, 11) is 0. The largest absolute Gasteiger partial charge is 0.396 e. The van der Waals surface area contributed by atoms with E-state index in [4.69, 9.17) is 5.73 Å². The lowest BCUT2D eigenvalue weighted by Crippen LogP contribution is -2.44. The lowest BCUT2D eigenvalue weighted by atomic mass is 9.94. The Morgan fingerprint density at radius 1 is 1.28 bits per heavy atom. The van der Waals surface area contributed by atoms with E-state index in [9.17, 15) is 5.11 Å². The summed E-state index contributed by atoms with van der Waals surface area (Å²) >= 11 is 0. The number of hydrogen-bond donors (Lipinski definition) is 2. The van der Waals surface area contributed by atoms with Crippen LogP contribution in [0.2, 0.25) is 0 Å². The Kier molecular flexibility index (Phi) is 5.17. The van der Waals surface area contributed by atoms with E-state index in [1.54, 1.807) is 0 Å². The highest BCUT2D eigenvalue weighted by Crippen LogP contribution is 2.29. The van der Waals surface area contributed by atoms with Crippen molar-refractivity contribution >= 4 is 0 Å². The van der Waals surface area contributed by atoms with Crippen LogP contribution >= 0.6 is 0 Å². The fourth-order valence-corrected chi connectivity index (χ4v) is 3.03. The lowest BCUT2D eigenvalue weighted by molar-refractivity contribution is 0.0782. The summed E-state index contributed by atoms with van der Waals surface area (Å²) in [6.45, 7) is 2.01. The molecule has 1 fully saturated rings. The Balaban J connectivity index is 2.14. The maximum Gasteiger partial charge on any atom is 0.0473 e. The predicted octanol–water partition coefficient (Wildman–Crippen LogP) is 1.92. The Hall–Kier alpha value is -0.900. The molecule has 1 aromatic carbocycles. The van der Waals surface area contributed by atoms with Crippen LogP contribution in [0.5, 0.6) is 0 Å². The maximum atomic E-state index is 9.20. The van der Waals surface area contributed by atoms with Crippen LogP contribution in [0.4, 0.5) is 0 Å². The van der Waals surface area contributed by atoms with Gasteiger partial charge < -0.3 is 10.8 Å². The third-order valence-corrected chi connectivity index (χ3v) is 3.94. The average Bonchev–Trinajstić information content (AvgIpc) is 2.43. The van der Waals surface area contributed by atoms with Crippen LogP contribution in [-0.4, -0.2) is 35.7 Å². The van der Waals surface area contributed by atoms with Crippen LogP contribution < -0.4 is 5.73 Å². The summed E-state index contributed by atoms with van der Waals surface area (Å²) in [5.74, 6) is 0. The first kappa shape index (κ1) is 13.5. The highest BCUT2D eigenvalue weighted by atomic mass is 16.3. The molecule has 0 amide bonds. The van der Waals surface area contributed by atoms with Crippen LogP contribution in [0.25, 0.3) is 0 Å². The van der Waals surface area contributed by atoms with Gasteiger partial charge in [-0.25, -0.2) is 0 Å². The monoisotopic (exact) mass is 248 g/mol. The Morgan fingerprint density at radius 3 is 2.72 bits per heavy atom. The highest BCUT2D eigenvalue weighted by molar-refractivity contribution is 5.19. The fraction of sp³-hybridized carbons (Fsp3) is 0.600. The quantitative estimate of drug-likeness (QED) is 0.837. The number of rotatable bonds is 5. The first-order valence-electron chi connectivity index (χ1n) is 6.98. The van der Waals surface area contributed by atoms with Gasteiger partial charge in [-0.1, -0.05) is 36.8 Å². The van der Waals surface area contributed by atoms with Crippen molar-refractivity contribution in [3.63, 3.8) is 0 Å². The van der Waals surface area contributed by atoms with E-state index in [0.29, 0.717) is 18.6 Å². The first-order valence-corrected chi connectivity index (χ1v) is 6.98. The minimum absolute atomic E-state index is 0.271. The third-order valence-electron chi connectivity index (χ3n) is 3.94. The lowest BCUT2D eigenvalue weighted by Gasteiger charge is -2.41. The van der Waals surface area contributed by atoms with Gasteiger partial charge >= 0.3 is 0 Å². The van der Waals surface area contributed by atoms with E-state index in [1.165, 1.54) is 24.8 Å². The standard InChI is InChI=1S/C15H24N2O/c16-12-15(13-6-2-1-3-7-13)17-10-5-4-8-14(17)9-11-18/h1-3,6-7,14-15,18H,4-5,8-12,16H2. The number of nitrogens with two attached hydrogens (primary N) is 1. The van der Waals surface area contributed by atoms with Gasteiger partial charge in [0.05, 0.1) is 0 Å². The molecule has 0 aliphatic carbocycles. The van der Waals surface area contributed by atoms with Crippen molar-refractivity contribution in [3.05, 3.63) is 35.9 Å². The second-order valence-corrected chi connectivity index (χ2v) is 5.06. The average molecular weight is 248 g/mol. The topological polar surface area (TPSA) is 49.5 Å². The number of aliphatic hydroxyl groups excluding tert-OH is 1. The van der Waals surface area contributed by atoms with Crippen LogP contribution in [0, 0.1) is 0 Å². The van der Waals surface area contributed by atoms with E-state index in [1.807, 2.05) is 6.07 Å². The van der Waals surface area contributed by atoms with Crippen LogP contribution in [0.15, 0.2) is 30.3 Å². The second-order valence-electron chi connectivity index (χ2n) is 5.06. The molecule has 2 unspecified atom stereocenters. The maximum absolute atomic E-state index is 9.20. The van der Waals surface area contributed by atoms with Crippen molar-refractivity contribution in [2.75, 3.05) is 19.7 Å². The van der Waals surface area contributed by atoms with Gasteiger partial charge in [-0.05, 0) is 31.4 Å². The van der Waals surface area contributed by atoms with E-state index in [-0.39, 0.29) is 6.61 Å². The molecule has 0 bridgehead atoms. The molecule has 1 heterocycles. The van der Waals surface area contributed by atoms with E-state index in [0.717, 1.165) is 13.0 Å². The fourth-order valence-electron chi connectivity index (χ4n) is 3.03. The smallest absolute Gasteiger partial charge is 0.0473 e. The molecule has 1 aliphatic rings. The molecule has 3 N–H and O–H groups in total. The van der Waals surface area contributed by atoms with Crippen molar-refractivity contribution in [1.82, 2.24) is 4.90 Å². The predicted molar refractivity (Wildman–Crippen MR) is 74.3 cm³/mol. The van der Waals surface area contributed by atoms with Crippen LogP contribution in [0.1, 0.15) is 37.3 Å². The number of aliphatic hydroxyl groups is 1. The molecule has 1 saturated heterocycles. The summed E-state index contributed by atoms with van der Waals surface area (Å²) in [6.07, 6.45) is 4.56. The Bertz CT molecular complexity index is 340. The zero-order valence-electron chi connectivity index (χ0n) is 11.0. The molecule has 0 spiro atoms. The summed E-state index contributed by atoms with van der Waals surface area (Å²) in [5.41, 5.74) is 7.29. The molecule has 1 aromatic rings. The Morgan fingerprint density at radius 2 is 2.06 bits per heavy atom. The van der Waals surface area contributed by atoms with Gasteiger partial charge in [0, 0.05) is 25.2 Å². The molecule has 0 saturated carbocycles. The molecule has 0 aromatic heterocycles. The molecule has 1 aliphatic heterocycles. The van der Waals surface area contributed by atoms with Gasteiger partial charge in [0.15, 0.2) is 0 Å². The zero-order chi connectivity index (χ0) is 12.8. The molecular formula is C15H24N2O. The summed E-state index contributed by atoms with van der Waals surface area (Å²) in [4.78, 5) is 2.50. The normalized spacial score (nSPS) is 22.9. The number of benzene rings is 1. The van der Waals surface area contributed by atoms with Gasteiger partial charge in [0.1, 0.15) is 0 Å². The van der Waals surface area contributed by atoms with E-state index < -0.39 is 0 Å². The minimum atomic E-state index is 0.271. The summed E-state index contributed by atoms with van der Waals surface area (Å²) in [5, 5.41) is 9.20.